The Hall–Kier alpha value is -0.910. The second-order valence-corrected chi connectivity index (χ2v) is 6.43. The van der Waals surface area contributed by atoms with Crippen LogP contribution in [-0.2, 0) is 10.5 Å². The minimum atomic E-state index is -1.52. The molecule has 0 aromatic heterocycles. The predicted octanol–water partition coefficient (Wildman–Crippen LogP) is 2.28. The van der Waals surface area contributed by atoms with E-state index in [0.29, 0.717) is 17.2 Å². The molecule has 3 rings (SSSR count). The first-order valence-corrected chi connectivity index (χ1v) is 7.40. The molecule has 2 aliphatic rings. The van der Waals surface area contributed by atoms with Crippen molar-refractivity contribution in [2.75, 3.05) is 18.4 Å². The summed E-state index contributed by atoms with van der Waals surface area (Å²) in [6, 6.07) is 5.51. The highest BCUT2D eigenvalue weighted by molar-refractivity contribution is 9.10. The van der Waals surface area contributed by atoms with Gasteiger partial charge in [0.2, 0.25) is 5.72 Å². The average molecular weight is 325 g/mol. The SMILES string of the molecule is C[C@H]1CCCN([C@]2(O)C(=O)Nc3ccc(Br)cc32)C1. The summed E-state index contributed by atoms with van der Waals surface area (Å²) >= 11 is 3.40. The van der Waals surface area contributed by atoms with Crippen molar-refractivity contribution in [1.29, 1.82) is 0 Å². The summed E-state index contributed by atoms with van der Waals surface area (Å²) in [5.41, 5.74) is -0.164. The van der Waals surface area contributed by atoms with Crippen LogP contribution in [0.5, 0.6) is 0 Å². The molecule has 0 unspecified atom stereocenters. The van der Waals surface area contributed by atoms with Gasteiger partial charge in [-0.25, -0.2) is 0 Å². The van der Waals surface area contributed by atoms with E-state index in [0.717, 1.165) is 30.4 Å². The third-order valence-corrected chi connectivity index (χ3v) is 4.53. The summed E-state index contributed by atoms with van der Waals surface area (Å²) in [6.07, 6.45) is 2.17. The van der Waals surface area contributed by atoms with Gasteiger partial charge in [-0.1, -0.05) is 22.9 Å². The number of nitrogens with zero attached hydrogens (tertiary/aromatic N) is 1. The number of likely N-dealkylation sites (tertiary alicyclic amines) is 1. The van der Waals surface area contributed by atoms with Gasteiger partial charge in [0.1, 0.15) is 0 Å². The summed E-state index contributed by atoms with van der Waals surface area (Å²) < 4.78 is 0.867. The first-order chi connectivity index (χ1) is 9.01. The van der Waals surface area contributed by atoms with E-state index in [-0.39, 0.29) is 5.91 Å². The average Bonchev–Trinajstić information content (AvgIpc) is 2.63. The number of halogens is 1. The zero-order chi connectivity index (χ0) is 13.6. The normalized spacial score (nSPS) is 31.1. The molecule has 1 aromatic carbocycles. The fraction of sp³-hybridized carbons (Fsp3) is 0.500. The van der Waals surface area contributed by atoms with Gasteiger partial charge < -0.3 is 10.4 Å². The number of benzene rings is 1. The number of aliphatic hydroxyl groups is 1. The van der Waals surface area contributed by atoms with E-state index >= 15 is 0 Å². The van der Waals surface area contributed by atoms with E-state index in [1.54, 1.807) is 0 Å². The molecule has 2 aliphatic heterocycles. The molecule has 0 saturated carbocycles. The molecule has 2 atom stereocenters. The largest absolute Gasteiger partial charge is 0.364 e. The Balaban J connectivity index is 2.03. The first kappa shape index (κ1) is 13.1. The fourth-order valence-corrected chi connectivity index (χ4v) is 3.40. The lowest BCUT2D eigenvalue weighted by Crippen LogP contribution is -2.54. The molecule has 5 heteroatoms. The number of amides is 1. The highest BCUT2D eigenvalue weighted by atomic mass is 79.9. The number of anilines is 1. The number of fused-ring (bicyclic) bond motifs is 1. The zero-order valence-electron chi connectivity index (χ0n) is 10.8. The summed E-state index contributed by atoms with van der Waals surface area (Å²) in [5, 5.41) is 13.7. The highest BCUT2D eigenvalue weighted by Crippen LogP contribution is 2.41. The third-order valence-electron chi connectivity index (χ3n) is 4.04. The van der Waals surface area contributed by atoms with Crippen LogP contribution in [0.2, 0.25) is 0 Å². The van der Waals surface area contributed by atoms with E-state index < -0.39 is 5.72 Å². The van der Waals surface area contributed by atoms with Crippen molar-refractivity contribution in [2.45, 2.75) is 25.5 Å². The molecule has 1 aromatic rings. The monoisotopic (exact) mass is 324 g/mol. The maximum absolute atomic E-state index is 12.3. The van der Waals surface area contributed by atoms with Gasteiger partial charge in [0.05, 0.1) is 0 Å². The van der Waals surface area contributed by atoms with Crippen LogP contribution in [0.15, 0.2) is 22.7 Å². The van der Waals surface area contributed by atoms with Gasteiger partial charge in [-0.2, -0.15) is 0 Å². The molecule has 19 heavy (non-hydrogen) atoms. The van der Waals surface area contributed by atoms with Gasteiger partial charge in [0.25, 0.3) is 5.91 Å². The summed E-state index contributed by atoms with van der Waals surface area (Å²) in [6.45, 7) is 3.65. The van der Waals surface area contributed by atoms with Crippen molar-refractivity contribution < 1.29 is 9.90 Å². The van der Waals surface area contributed by atoms with Gasteiger partial charge in [-0.05, 0) is 37.0 Å². The summed E-state index contributed by atoms with van der Waals surface area (Å²) in [4.78, 5) is 14.1. The number of hydrogen-bond donors (Lipinski definition) is 2. The Morgan fingerprint density at radius 1 is 1.53 bits per heavy atom. The van der Waals surface area contributed by atoms with E-state index in [4.69, 9.17) is 0 Å². The molecule has 0 bridgehead atoms. The van der Waals surface area contributed by atoms with E-state index in [1.165, 1.54) is 0 Å². The molecule has 1 fully saturated rings. The number of piperidine rings is 1. The van der Waals surface area contributed by atoms with Crippen molar-refractivity contribution in [3.8, 4) is 0 Å². The molecule has 1 saturated heterocycles. The van der Waals surface area contributed by atoms with Crippen LogP contribution in [0, 0.1) is 5.92 Å². The van der Waals surface area contributed by atoms with Crippen LogP contribution >= 0.6 is 15.9 Å². The zero-order valence-corrected chi connectivity index (χ0v) is 12.4. The number of carbonyl (C=O) groups excluding carboxylic acids is 1. The maximum atomic E-state index is 12.3. The third kappa shape index (κ3) is 2.00. The van der Waals surface area contributed by atoms with Crippen LogP contribution in [-0.4, -0.2) is 29.0 Å². The molecule has 0 spiro atoms. The van der Waals surface area contributed by atoms with E-state index in [1.807, 2.05) is 23.1 Å². The molecule has 1 amide bonds. The van der Waals surface area contributed by atoms with Crippen LogP contribution in [0.4, 0.5) is 5.69 Å². The number of hydrogen-bond acceptors (Lipinski definition) is 3. The van der Waals surface area contributed by atoms with Gasteiger partial charge in [0.15, 0.2) is 0 Å². The molecular weight excluding hydrogens is 308 g/mol. The van der Waals surface area contributed by atoms with Crippen LogP contribution in [0.25, 0.3) is 0 Å². The quantitative estimate of drug-likeness (QED) is 0.833. The van der Waals surface area contributed by atoms with Crippen LogP contribution < -0.4 is 5.32 Å². The lowest BCUT2D eigenvalue weighted by atomic mass is 9.94. The molecule has 4 nitrogen and oxygen atoms in total. The minimum absolute atomic E-state index is 0.338. The number of carbonyl (C=O) groups is 1. The van der Waals surface area contributed by atoms with Gasteiger partial charge in [0, 0.05) is 28.8 Å². The fourth-order valence-electron chi connectivity index (χ4n) is 3.04. The maximum Gasteiger partial charge on any atom is 0.276 e. The lowest BCUT2D eigenvalue weighted by Gasteiger charge is -2.39. The first-order valence-electron chi connectivity index (χ1n) is 6.60. The van der Waals surface area contributed by atoms with Crippen molar-refractivity contribution in [3.05, 3.63) is 28.2 Å². The second-order valence-electron chi connectivity index (χ2n) is 5.51. The smallest absolute Gasteiger partial charge is 0.276 e. The Bertz CT molecular complexity index is 534. The molecule has 0 aliphatic carbocycles. The summed E-state index contributed by atoms with van der Waals surface area (Å²) in [7, 11) is 0. The molecular formula is C14H17BrN2O2. The number of nitrogens with one attached hydrogen (secondary N) is 1. The van der Waals surface area contributed by atoms with Crippen LogP contribution in [0.3, 0.4) is 0 Å². The Morgan fingerprint density at radius 2 is 2.32 bits per heavy atom. The van der Waals surface area contributed by atoms with Gasteiger partial charge >= 0.3 is 0 Å². The lowest BCUT2D eigenvalue weighted by molar-refractivity contribution is -0.163. The minimum Gasteiger partial charge on any atom is -0.364 e. The van der Waals surface area contributed by atoms with E-state index in [2.05, 4.69) is 28.2 Å². The predicted molar refractivity (Wildman–Crippen MR) is 76.6 cm³/mol. The standard InChI is InChI=1S/C14H17BrN2O2/c1-9-3-2-6-17(8-9)14(19)11-7-10(15)4-5-12(11)16-13(14)18/h4-5,7,9,19H,2-3,6,8H2,1H3,(H,16,18)/t9-,14+/m0/s1. The molecule has 102 valence electrons. The van der Waals surface area contributed by atoms with Crippen molar-refractivity contribution >= 4 is 27.5 Å². The molecule has 2 N–H and O–H groups in total. The molecule has 0 radical (unpaired) electrons. The Kier molecular flexibility index (Phi) is 3.15. The van der Waals surface area contributed by atoms with Crippen molar-refractivity contribution in [1.82, 2.24) is 4.90 Å². The second kappa shape index (κ2) is 4.58. The van der Waals surface area contributed by atoms with Gasteiger partial charge in [-0.15, -0.1) is 0 Å². The van der Waals surface area contributed by atoms with Gasteiger partial charge in [-0.3, -0.25) is 9.69 Å². The van der Waals surface area contributed by atoms with Crippen molar-refractivity contribution in [3.63, 3.8) is 0 Å². The Morgan fingerprint density at radius 3 is 3.05 bits per heavy atom. The summed E-state index contributed by atoms with van der Waals surface area (Å²) in [5.74, 6) is 0.163. The molecule has 2 heterocycles. The highest BCUT2D eigenvalue weighted by Gasteiger charge is 2.50. The van der Waals surface area contributed by atoms with Crippen LogP contribution in [0.1, 0.15) is 25.3 Å². The topological polar surface area (TPSA) is 52.6 Å². The van der Waals surface area contributed by atoms with Crippen molar-refractivity contribution in [2.24, 2.45) is 5.92 Å². The Labute approximate surface area is 120 Å². The van der Waals surface area contributed by atoms with E-state index in [9.17, 15) is 9.90 Å². The number of rotatable bonds is 1.